The highest BCUT2D eigenvalue weighted by molar-refractivity contribution is 7.58. The Bertz CT molecular complexity index is 783. The number of carbonyl (C=O) groups is 1. The van der Waals surface area contributed by atoms with Crippen LogP contribution < -0.4 is 5.32 Å². The molecule has 0 radical (unpaired) electrons. The molecule has 2 aromatic carbocycles. The van der Waals surface area contributed by atoms with Crippen molar-refractivity contribution in [2.75, 3.05) is 13.2 Å². The zero-order valence-corrected chi connectivity index (χ0v) is 16.4. The van der Waals surface area contributed by atoms with E-state index in [0.29, 0.717) is 0 Å². The number of ether oxygens (including phenoxy) is 1. The molecular formula is C20H24NO5P. The zero-order chi connectivity index (χ0) is 19.5. The van der Waals surface area contributed by atoms with Crippen molar-refractivity contribution in [2.45, 2.75) is 20.5 Å². The van der Waals surface area contributed by atoms with Gasteiger partial charge in [-0.15, -0.1) is 0 Å². The molecule has 0 aliphatic heterocycles. The van der Waals surface area contributed by atoms with E-state index in [1.165, 1.54) is 0 Å². The molecule has 1 N–H and O–H groups in total. The molecule has 2 aromatic rings. The molecule has 0 unspecified atom stereocenters. The normalized spacial score (nSPS) is 11.9. The third-order valence-electron chi connectivity index (χ3n) is 3.44. The van der Waals surface area contributed by atoms with Gasteiger partial charge in [0, 0.05) is 0 Å². The molecule has 0 spiro atoms. The summed E-state index contributed by atoms with van der Waals surface area (Å²) in [6.07, 6.45) is 0.830. The van der Waals surface area contributed by atoms with Crippen LogP contribution in [-0.2, 0) is 25.0 Å². The van der Waals surface area contributed by atoms with E-state index in [4.69, 9.17) is 13.8 Å². The summed E-state index contributed by atoms with van der Waals surface area (Å²) in [6, 6.07) is 18.5. The summed E-state index contributed by atoms with van der Waals surface area (Å²) in [5.74, 6) is 0. The molecule has 7 heteroatoms. The van der Waals surface area contributed by atoms with Crippen molar-refractivity contribution >= 4 is 19.8 Å². The Morgan fingerprint density at radius 1 is 0.963 bits per heavy atom. The van der Waals surface area contributed by atoms with Gasteiger partial charge in [0.15, 0.2) is 0 Å². The van der Waals surface area contributed by atoms with E-state index in [0.717, 1.165) is 11.1 Å². The van der Waals surface area contributed by atoms with Crippen LogP contribution in [0.3, 0.4) is 0 Å². The van der Waals surface area contributed by atoms with Gasteiger partial charge in [-0.05, 0) is 31.1 Å². The highest BCUT2D eigenvalue weighted by Crippen LogP contribution is 2.55. The maximum absolute atomic E-state index is 13.1. The number of nitrogens with one attached hydrogen (secondary N) is 1. The van der Waals surface area contributed by atoms with Crippen LogP contribution in [0.25, 0.3) is 6.08 Å². The van der Waals surface area contributed by atoms with Gasteiger partial charge >= 0.3 is 13.7 Å². The van der Waals surface area contributed by atoms with E-state index in [1.807, 2.05) is 60.7 Å². The van der Waals surface area contributed by atoms with Gasteiger partial charge in [0.05, 0.1) is 13.2 Å². The van der Waals surface area contributed by atoms with Crippen molar-refractivity contribution in [3.8, 4) is 0 Å². The second-order valence-electron chi connectivity index (χ2n) is 5.46. The monoisotopic (exact) mass is 389 g/mol. The molecule has 6 nitrogen and oxygen atoms in total. The fourth-order valence-corrected chi connectivity index (χ4v) is 3.84. The van der Waals surface area contributed by atoms with Crippen molar-refractivity contribution in [3.05, 3.63) is 77.2 Å². The van der Waals surface area contributed by atoms with Crippen LogP contribution in [0.5, 0.6) is 0 Å². The number of hydrogen-bond acceptors (Lipinski definition) is 5. The number of benzene rings is 2. The predicted molar refractivity (Wildman–Crippen MR) is 105 cm³/mol. The minimum Gasteiger partial charge on any atom is -0.444 e. The summed E-state index contributed by atoms with van der Waals surface area (Å²) in [5.41, 5.74) is 1.63. The van der Waals surface area contributed by atoms with Crippen molar-refractivity contribution in [3.63, 3.8) is 0 Å². The van der Waals surface area contributed by atoms with Gasteiger partial charge in [0.2, 0.25) is 0 Å². The van der Waals surface area contributed by atoms with Gasteiger partial charge in [-0.1, -0.05) is 60.7 Å². The van der Waals surface area contributed by atoms with Gasteiger partial charge in [0.25, 0.3) is 0 Å². The second kappa shape index (κ2) is 10.7. The average Bonchev–Trinajstić information content (AvgIpc) is 2.68. The molecule has 0 fully saturated rings. The van der Waals surface area contributed by atoms with E-state index in [9.17, 15) is 9.36 Å². The van der Waals surface area contributed by atoms with E-state index >= 15 is 0 Å². The first kappa shape index (κ1) is 20.9. The van der Waals surface area contributed by atoms with Gasteiger partial charge in [0.1, 0.15) is 12.0 Å². The first-order valence-electron chi connectivity index (χ1n) is 8.71. The zero-order valence-electron chi connectivity index (χ0n) is 15.5. The van der Waals surface area contributed by atoms with E-state index in [2.05, 4.69) is 5.32 Å². The minimum absolute atomic E-state index is 0.0375. The summed E-state index contributed by atoms with van der Waals surface area (Å²) in [7, 11) is -3.70. The highest BCUT2D eigenvalue weighted by atomic mass is 31.2. The summed E-state index contributed by atoms with van der Waals surface area (Å²) < 4.78 is 29.1. The maximum atomic E-state index is 13.1. The van der Waals surface area contributed by atoms with Gasteiger partial charge in [-0.3, -0.25) is 9.88 Å². The smallest absolute Gasteiger partial charge is 0.412 e. The lowest BCUT2D eigenvalue weighted by Gasteiger charge is -2.20. The molecule has 0 bridgehead atoms. The molecule has 0 saturated heterocycles. The Labute approximate surface area is 159 Å². The molecule has 2 rings (SSSR count). The lowest BCUT2D eigenvalue weighted by Crippen LogP contribution is -2.24. The molecule has 27 heavy (non-hydrogen) atoms. The number of carbonyl (C=O) groups excluding carboxylic acids is 1. The van der Waals surface area contributed by atoms with Crippen LogP contribution in [0, 0.1) is 0 Å². The summed E-state index contributed by atoms with van der Waals surface area (Å²) in [6.45, 7) is 3.85. The fourth-order valence-electron chi connectivity index (χ4n) is 2.27. The third-order valence-corrected chi connectivity index (χ3v) is 5.47. The van der Waals surface area contributed by atoms with Crippen LogP contribution in [0.2, 0.25) is 0 Å². The quantitative estimate of drug-likeness (QED) is 0.599. The predicted octanol–water partition coefficient (Wildman–Crippen LogP) is 5.18. The SMILES string of the molecule is CCOP(=O)(OCC)/C(=C\c1ccccc1)NC(=O)OCc1ccccc1. The van der Waals surface area contributed by atoms with E-state index in [1.54, 1.807) is 19.9 Å². The maximum Gasteiger partial charge on any atom is 0.412 e. The Balaban J connectivity index is 2.19. The first-order chi connectivity index (χ1) is 13.1. The van der Waals surface area contributed by atoms with Crippen LogP contribution >= 0.6 is 7.60 Å². The van der Waals surface area contributed by atoms with Gasteiger partial charge in [-0.25, -0.2) is 4.79 Å². The van der Waals surface area contributed by atoms with Crippen molar-refractivity contribution in [2.24, 2.45) is 0 Å². The van der Waals surface area contributed by atoms with Crippen LogP contribution in [0.1, 0.15) is 25.0 Å². The van der Waals surface area contributed by atoms with Crippen molar-refractivity contribution in [1.82, 2.24) is 5.32 Å². The molecule has 144 valence electrons. The van der Waals surface area contributed by atoms with Crippen LogP contribution in [-0.4, -0.2) is 19.3 Å². The Morgan fingerprint density at radius 2 is 1.52 bits per heavy atom. The third kappa shape index (κ3) is 6.68. The second-order valence-corrected chi connectivity index (χ2v) is 7.45. The van der Waals surface area contributed by atoms with E-state index in [-0.39, 0.29) is 25.3 Å². The number of hydrogen-bond donors (Lipinski definition) is 1. The van der Waals surface area contributed by atoms with Crippen molar-refractivity contribution in [1.29, 1.82) is 0 Å². The molecule has 0 atom stereocenters. The largest absolute Gasteiger partial charge is 0.444 e. The Morgan fingerprint density at radius 3 is 2.07 bits per heavy atom. The lowest BCUT2D eigenvalue weighted by molar-refractivity contribution is 0.142. The number of rotatable bonds is 9. The molecule has 0 heterocycles. The summed E-state index contributed by atoms with van der Waals surface area (Å²) in [5, 5.41) is 2.53. The van der Waals surface area contributed by atoms with Crippen LogP contribution in [0.15, 0.2) is 66.1 Å². The molecule has 0 saturated carbocycles. The summed E-state index contributed by atoms with van der Waals surface area (Å²) in [4.78, 5) is 12.3. The molecule has 1 amide bonds. The van der Waals surface area contributed by atoms with Gasteiger partial charge < -0.3 is 13.8 Å². The van der Waals surface area contributed by atoms with Crippen molar-refractivity contribution < 1.29 is 23.1 Å². The molecule has 0 aliphatic rings. The molecule has 0 aromatic heterocycles. The lowest BCUT2D eigenvalue weighted by atomic mass is 10.2. The number of amides is 1. The van der Waals surface area contributed by atoms with Gasteiger partial charge in [-0.2, -0.15) is 0 Å². The first-order valence-corrected chi connectivity index (χ1v) is 10.3. The Kier molecular flexibility index (Phi) is 8.27. The summed E-state index contributed by atoms with van der Waals surface area (Å²) >= 11 is 0. The Hall–Kier alpha value is -2.40. The van der Waals surface area contributed by atoms with E-state index < -0.39 is 13.7 Å². The topological polar surface area (TPSA) is 73.9 Å². The minimum atomic E-state index is -3.70. The number of alkyl carbamates (subject to hydrolysis) is 1. The highest BCUT2D eigenvalue weighted by Gasteiger charge is 2.31. The average molecular weight is 389 g/mol. The van der Waals surface area contributed by atoms with Crippen LogP contribution in [0.4, 0.5) is 4.79 Å². The molecular weight excluding hydrogens is 365 g/mol. The molecule has 0 aliphatic carbocycles. The fraction of sp³-hybridized carbons (Fsp3) is 0.250. The standard InChI is InChI=1S/C20H24NO5P/c1-3-25-27(23,26-4-2)19(15-17-11-7-5-8-12-17)21-20(22)24-16-18-13-9-6-10-14-18/h5-15H,3-4,16H2,1-2H3,(H,21,22)/b19-15-.